The van der Waals surface area contributed by atoms with Crippen molar-refractivity contribution in [2.45, 2.75) is 33.2 Å². The van der Waals surface area contributed by atoms with Crippen molar-refractivity contribution in [2.24, 2.45) is 5.92 Å². The first-order chi connectivity index (χ1) is 9.81. The van der Waals surface area contributed by atoms with Gasteiger partial charge in [-0.25, -0.2) is 8.78 Å². The highest BCUT2D eigenvalue weighted by atomic mass is 19.1. The lowest BCUT2D eigenvalue weighted by atomic mass is 10.0. The molecular weight excluding hydrogens is 278 g/mol. The lowest BCUT2D eigenvalue weighted by Crippen LogP contribution is -2.48. The van der Waals surface area contributed by atoms with E-state index in [2.05, 4.69) is 5.32 Å². The summed E-state index contributed by atoms with van der Waals surface area (Å²) in [6.45, 7) is 5.07. The topological polar surface area (TPSA) is 49.4 Å². The standard InChI is InChI=1S/C15H18F2N2O2/c1-8(2)14-15(21)19(5-4-13(20)18-14)12-7-10(16)9(3)6-11(12)17/h6-8,14H,4-5H2,1-3H3,(H,18,20). The molecule has 114 valence electrons. The van der Waals surface area contributed by atoms with Crippen molar-refractivity contribution in [1.82, 2.24) is 5.32 Å². The van der Waals surface area contributed by atoms with E-state index in [1.807, 2.05) is 0 Å². The van der Waals surface area contributed by atoms with Crippen LogP contribution in [0.2, 0.25) is 0 Å². The Morgan fingerprint density at radius 3 is 2.52 bits per heavy atom. The molecule has 1 N–H and O–H groups in total. The van der Waals surface area contributed by atoms with Crippen molar-refractivity contribution in [3.05, 3.63) is 29.3 Å². The fourth-order valence-corrected chi connectivity index (χ4v) is 2.33. The highest BCUT2D eigenvalue weighted by Gasteiger charge is 2.34. The van der Waals surface area contributed by atoms with Gasteiger partial charge in [0.2, 0.25) is 11.8 Å². The molecule has 2 amide bonds. The fraction of sp³-hybridized carbons (Fsp3) is 0.467. The average Bonchev–Trinajstić information content (AvgIpc) is 2.54. The molecule has 1 aromatic rings. The summed E-state index contributed by atoms with van der Waals surface area (Å²) in [4.78, 5) is 25.3. The van der Waals surface area contributed by atoms with Gasteiger partial charge in [-0.1, -0.05) is 13.8 Å². The van der Waals surface area contributed by atoms with Gasteiger partial charge in [0.1, 0.15) is 17.7 Å². The quantitative estimate of drug-likeness (QED) is 0.909. The van der Waals surface area contributed by atoms with Crippen LogP contribution in [0.4, 0.5) is 14.5 Å². The summed E-state index contributed by atoms with van der Waals surface area (Å²) in [5, 5.41) is 2.63. The largest absolute Gasteiger partial charge is 0.344 e. The SMILES string of the molecule is Cc1cc(F)c(N2CCC(=O)NC(C(C)C)C2=O)cc1F. The third-order valence-corrected chi connectivity index (χ3v) is 3.60. The Kier molecular flexibility index (Phi) is 4.25. The molecule has 1 aliphatic rings. The predicted molar refractivity (Wildman–Crippen MR) is 74.8 cm³/mol. The number of rotatable bonds is 2. The van der Waals surface area contributed by atoms with E-state index >= 15 is 0 Å². The van der Waals surface area contributed by atoms with E-state index in [4.69, 9.17) is 0 Å². The maximum Gasteiger partial charge on any atom is 0.249 e. The second-order valence-corrected chi connectivity index (χ2v) is 5.58. The maximum absolute atomic E-state index is 14.1. The Labute approximate surface area is 122 Å². The number of halogens is 2. The number of nitrogens with one attached hydrogen (secondary N) is 1. The maximum atomic E-state index is 14.1. The van der Waals surface area contributed by atoms with Crippen molar-refractivity contribution in [2.75, 3.05) is 11.4 Å². The molecule has 2 rings (SSSR count). The van der Waals surface area contributed by atoms with Crippen molar-refractivity contribution >= 4 is 17.5 Å². The van der Waals surface area contributed by atoms with Crippen LogP contribution in [0.3, 0.4) is 0 Å². The molecule has 0 radical (unpaired) electrons. The van der Waals surface area contributed by atoms with Crippen LogP contribution in [0.5, 0.6) is 0 Å². The first-order valence-electron chi connectivity index (χ1n) is 6.87. The van der Waals surface area contributed by atoms with Crippen molar-refractivity contribution in [3.63, 3.8) is 0 Å². The average molecular weight is 296 g/mol. The van der Waals surface area contributed by atoms with E-state index in [9.17, 15) is 18.4 Å². The first-order valence-corrected chi connectivity index (χ1v) is 6.87. The highest BCUT2D eigenvalue weighted by Crippen LogP contribution is 2.25. The Hall–Kier alpha value is -1.98. The molecule has 4 nitrogen and oxygen atoms in total. The summed E-state index contributed by atoms with van der Waals surface area (Å²) in [6.07, 6.45) is 0.0594. The summed E-state index contributed by atoms with van der Waals surface area (Å²) in [7, 11) is 0. The number of benzene rings is 1. The van der Waals surface area contributed by atoms with Gasteiger partial charge in [-0.15, -0.1) is 0 Å². The Bertz CT molecular complexity index is 587. The summed E-state index contributed by atoms with van der Waals surface area (Å²) >= 11 is 0. The third-order valence-electron chi connectivity index (χ3n) is 3.60. The van der Waals surface area contributed by atoms with Gasteiger partial charge in [-0.2, -0.15) is 0 Å². The van der Waals surface area contributed by atoms with Crippen LogP contribution < -0.4 is 10.2 Å². The second kappa shape index (κ2) is 5.79. The van der Waals surface area contributed by atoms with E-state index in [-0.39, 0.29) is 36.0 Å². The van der Waals surface area contributed by atoms with Gasteiger partial charge >= 0.3 is 0 Å². The number of hydrogen-bond acceptors (Lipinski definition) is 2. The third kappa shape index (κ3) is 3.04. The Balaban J connectivity index is 2.44. The van der Waals surface area contributed by atoms with Crippen LogP contribution in [0.25, 0.3) is 0 Å². The fourth-order valence-electron chi connectivity index (χ4n) is 2.33. The van der Waals surface area contributed by atoms with Gasteiger partial charge < -0.3 is 10.2 Å². The predicted octanol–water partition coefficient (Wildman–Crippen LogP) is 2.15. The lowest BCUT2D eigenvalue weighted by molar-refractivity contribution is -0.126. The number of amides is 2. The molecular formula is C15H18F2N2O2. The molecule has 1 heterocycles. The Morgan fingerprint density at radius 2 is 1.90 bits per heavy atom. The zero-order valence-corrected chi connectivity index (χ0v) is 12.2. The van der Waals surface area contributed by atoms with Gasteiger partial charge in [-0.3, -0.25) is 9.59 Å². The molecule has 1 aromatic carbocycles. The van der Waals surface area contributed by atoms with Crippen LogP contribution in [0.15, 0.2) is 12.1 Å². The molecule has 1 saturated heterocycles. The second-order valence-electron chi connectivity index (χ2n) is 5.58. The number of aryl methyl sites for hydroxylation is 1. The molecule has 1 aliphatic heterocycles. The number of carbonyl (C=O) groups is 2. The van der Waals surface area contributed by atoms with Crippen LogP contribution in [-0.4, -0.2) is 24.4 Å². The van der Waals surface area contributed by atoms with E-state index in [0.717, 1.165) is 17.0 Å². The Morgan fingerprint density at radius 1 is 1.24 bits per heavy atom. The van der Waals surface area contributed by atoms with Crippen LogP contribution >= 0.6 is 0 Å². The summed E-state index contributed by atoms with van der Waals surface area (Å²) in [5.74, 6) is -2.07. The number of nitrogens with zero attached hydrogens (tertiary/aromatic N) is 1. The zero-order chi connectivity index (χ0) is 15.7. The molecule has 0 bridgehead atoms. The van der Waals surface area contributed by atoms with E-state index < -0.39 is 23.6 Å². The van der Waals surface area contributed by atoms with Gasteiger partial charge in [0.05, 0.1) is 5.69 Å². The monoisotopic (exact) mass is 296 g/mol. The molecule has 0 saturated carbocycles. The number of hydrogen-bond donors (Lipinski definition) is 1. The molecule has 0 spiro atoms. The normalized spacial score (nSPS) is 19.7. The van der Waals surface area contributed by atoms with Crippen molar-refractivity contribution in [3.8, 4) is 0 Å². The van der Waals surface area contributed by atoms with E-state index in [1.165, 1.54) is 6.92 Å². The summed E-state index contributed by atoms with van der Waals surface area (Å²) < 4.78 is 27.8. The van der Waals surface area contributed by atoms with Crippen LogP contribution in [0.1, 0.15) is 25.8 Å². The number of anilines is 1. The molecule has 1 atom stereocenters. The molecule has 21 heavy (non-hydrogen) atoms. The zero-order valence-electron chi connectivity index (χ0n) is 12.2. The highest BCUT2D eigenvalue weighted by molar-refractivity contribution is 6.01. The molecule has 0 aromatic heterocycles. The number of carbonyl (C=O) groups excluding carboxylic acids is 2. The van der Waals surface area contributed by atoms with Gasteiger partial charge in [0.25, 0.3) is 0 Å². The lowest BCUT2D eigenvalue weighted by Gasteiger charge is -2.26. The van der Waals surface area contributed by atoms with Crippen LogP contribution in [0, 0.1) is 24.5 Å². The summed E-state index contributed by atoms with van der Waals surface area (Å²) in [6, 6.07) is 1.34. The minimum Gasteiger partial charge on any atom is -0.344 e. The van der Waals surface area contributed by atoms with E-state index in [0.29, 0.717) is 0 Å². The van der Waals surface area contributed by atoms with Gasteiger partial charge in [-0.05, 0) is 24.5 Å². The smallest absolute Gasteiger partial charge is 0.249 e. The van der Waals surface area contributed by atoms with Gasteiger partial charge in [0, 0.05) is 19.0 Å². The van der Waals surface area contributed by atoms with Gasteiger partial charge in [0.15, 0.2) is 0 Å². The molecule has 1 fully saturated rings. The molecule has 0 aliphatic carbocycles. The first kappa shape index (κ1) is 15.4. The van der Waals surface area contributed by atoms with Crippen LogP contribution in [-0.2, 0) is 9.59 Å². The van der Waals surface area contributed by atoms with E-state index in [1.54, 1.807) is 13.8 Å². The molecule has 1 unspecified atom stereocenters. The van der Waals surface area contributed by atoms with Crippen molar-refractivity contribution in [1.29, 1.82) is 0 Å². The minimum absolute atomic E-state index is 0.0350. The molecule has 6 heteroatoms. The summed E-state index contributed by atoms with van der Waals surface area (Å²) in [5.41, 5.74) is 0.0541. The van der Waals surface area contributed by atoms with Crippen molar-refractivity contribution < 1.29 is 18.4 Å². The minimum atomic E-state index is -0.733.